The summed E-state index contributed by atoms with van der Waals surface area (Å²) in [5, 5.41) is 13.1. The van der Waals surface area contributed by atoms with Crippen LogP contribution in [-0.2, 0) is 0 Å². The Morgan fingerprint density at radius 2 is 2.41 bits per heavy atom. The van der Waals surface area contributed by atoms with E-state index in [2.05, 4.69) is 18.9 Å². The van der Waals surface area contributed by atoms with E-state index in [1.165, 1.54) is 6.20 Å². The van der Waals surface area contributed by atoms with Gasteiger partial charge in [-0.15, -0.1) is 0 Å². The van der Waals surface area contributed by atoms with Gasteiger partial charge in [-0.05, 0) is 18.6 Å². The van der Waals surface area contributed by atoms with Crippen LogP contribution in [-0.4, -0.2) is 31.4 Å². The van der Waals surface area contributed by atoms with Gasteiger partial charge in [-0.2, -0.15) is 16.9 Å². The van der Waals surface area contributed by atoms with Gasteiger partial charge in [-0.25, -0.2) is 9.48 Å². The van der Waals surface area contributed by atoms with Crippen LogP contribution in [0.3, 0.4) is 0 Å². The van der Waals surface area contributed by atoms with Gasteiger partial charge in [0.05, 0.1) is 12.2 Å². The lowest BCUT2D eigenvalue weighted by atomic mass is 10.00. The maximum Gasteiger partial charge on any atom is 0.341 e. The first-order chi connectivity index (χ1) is 7.91. The Bertz CT molecular complexity index is 442. The molecule has 3 N–H and O–H groups in total. The van der Waals surface area contributed by atoms with E-state index < -0.39 is 5.97 Å². The summed E-state index contributed by atoms with van der Waals surface area (Å²) >= 11 is 1.94. The summed E-state index contributed by atoms with van der Waals surface area (Å²) in [5.41, 5.74) is 5.93. The van der Waals surface area contributed by atoms with Gasteiger partial charge in [0.25, 0.3) is 0 Å². The lowest BCUT2D eigenvalue weighted by Gasteiger charge is -2.35. The summed E-state index contributed by atoms with van der Waals surface area (Å²) in [7, 11) is 0. The van der Waals surface area contributed by atoms with Crippen molar-refractivity contribution in [2.45, 2.75) is 37.5 Å². The van der Waals surface area contributed by atoms with Crippen molar-refractivity contribution in [2.75, 3.05) is 11.5 Å². The second-order valence-corrected chi connectivity index (χ2v) is 6.75. The second kappa shape index (κ2) is 4.25. The van der Waals surface area contributed by atoms with Crippen molar-refractivity contribution in [1.29, 1.82) is 0 Å². The first-order valence-corrected chi connectivity index (χ1v) is 6.59. The Morgan fingerprint density at radius 3 is 2.94 bits per heavy atom. The van der Waals surface area contributed by atoms with Crippen molar-refractivity contribution in [3.63, 3.8) is 0 Å². The van der Waals surface area contributed by atoms with Gasteiger partial charge in [0.2, 0.25) is 0 Å². The first-order valence-electron chi connectivity index (χ1n) is 5.61. The standard InChI is InChI=1S/C11H17N3O2S/c1-11(2)5-7(3-4-17-11)14-9(12)8(6-13-14)10(15)16/h6-7H,3-5,12H2,1-2H3,(H,15,16). The molecule has 0 spiro atoms. The highest BCUT2D eigenvalue weighted by Crippen LogP contribution is 2.41. The maximum atomic E-state index is 10.9. The predicted octanol–water partition coefficient (Wildman–Crippen LogP) is 2.01. The Morgan fingerprint density at radius 1 is 1.71 bits per heavy atom. The number of anilines is 1. The van der Waals surface area contributed by atoms with Gasteiger partial charge in [0, 0.05) is 4.75 Å². The number of nitrogens with zero attached hydrogens (tertiary/aromatic N) is 2. The zero-order chi connectivity index (χ0) is 12.6. The number of aromatic nitrogens is 2. The minimum Gasteiger partial charge on any atom is -0.477 e. The number of rotatable bonds is 2. The largest absolute Gasteiger partial charge is 0.477 e. The summed E-state index contributed by atoms with van der Waals surface area (Å²) < 4.78 is 1.87. The third-order valence-corrected chi connectivity index (χ3v) is 4.47. The number of nitrogen functional groups attached to an aromatic ring is 1. The average Bonchev–Trinajstić information content (AvgIpc) is 2.58. The molecule has 0 bridgehead atoms. The van der Waals surface area contributed by atoms with E-state index in [1.807, 2.05) is 11.8 Å². The average molecular weight is 255 g/mol. The molecule has 2 heterocycles. The van der Waals surface area contributed by atoms with Gasteiger partial charge in [0.1, 0.15) is 11.4 Å². The molecule has 0 amide bonds. The van der Waals surface area contributed by atoms with E-state index in [1.54, 1.807) is 4.68 Å². The molecule has 5 nitrogen and oxygen atoms in total. The zero-order valence-electron chi connectivity index (χ0n) is 10.0. The number of thioether (sulfide) groups is 1. The smallest absolute Gasteiger partial charge is 0.341 e. The van der Waals surface area contributed by atoms with Crippen molar-refractivity contribution in [2.24, 2.45) is 0 Å². The van der Waals surface area contributed by atoms with Crippen molar-refractivity contribution in [3.8, 4) is 0 Å². The third kappa shape index (κ3) is 2.41. The molecule has 0 saturated carbocycles. The van der Waals surface area contributed by atoms with Crippen LogP contribution < -0.4 is 5.73 Å². The summed E-state index contributed by atoms with van der Waals surface area (Å²) in [4.78, 5) is 10.9. The van der Waals surface area contributed by atoms with E-state index in [0.717, 1.165) is 18.6 Å². The minimum atomic E-state index is -1.02. The molecule has 1 atom stereocenters. The SMILES string of the molecule is CC1(C)CC(n2ncc(C(=O)O)c2N)CCS1. The van der Waals surface area contributed by atoms with Crippen LogP contribution >= 0.6 is 11.8 Å². The van der Waals surface area contributed by atoms with Gasteiger partial charge in [0.15, 0.2) is 0 Å². The van der Waals surface area contributed by atoms with Gasteiger partial charge >= 0.3 is 5.97 Å². The molecular weight excluding hydrogens is 238 g/mol. The number of hydrogen-bond donors (Lipinski definition) is 2. The molecule has 0 aliphatic carbocycles. The maximum absolute atomic E-state index is 10.9. The number of carbonyl (C=O) groups is 1. The van der Waals surface area contributed by atoms with Crippen LogP contribution in [0.1, 0.15) is 43.1 Å². The lowest BCUT2D eigenvalue weighted by molar-refractivity contribution is 0.0698. The molecule has 0 radical (unpaired) electrons. The van der Waals surface area contributed by atoms with E-state index >= 15 is 0 Å². The summed E-state index contributed by atoms with van der Waals surface area (Å²) in [6.45, 7) is 4.39. The minimum absolute atomic E-state index is 0.0982. The molecule has 0 aromatic carbocycles. The molecule has 94 valence electrons. The van der Waals surface area contributed by atoms with Crippen LogP contribution in [0.2, 0.25) is 0 Å². The molecule has 1 aromatic rings. The Balaban J connectivity index is 2.25. The molecule has 1 fully saturated rings. The zero-order valence-corrected chi connectivity index (χ0v) is 10.8. The quantitative estimate of drug-likeness (QED) is 0.845. The van der Waals surface area contributed by atoms with Crippen molar-refractivity contribution >= 4 is 23.5 Å². The van der Waals surface area contributed by atoms with Crippen molar-refractivity contribution < 1.29 is 9.90 Å². The highest BCUT2D eigenvalue weighted by molar-refractivity contribution is 8.00. The Labute approximate surface area is 104 Å². The lowest BCUT2D eigenvalue weighted by Crippen LogP contribution is -2.29. The summed E-state index contributed by atoms with van der Waals surface area (Å²) in [6, 6.07) is 0.208. The van der Waals surface area contributed by atoms with Crippen LogP contribution in [0.5, 0.6) is 0 Å². The number of carboxylic acid groups (broad SMARTS) is 1. The number of nitrogens with two attached hydrogens (primary N) is 1. The molecule has 17 heavy (non-hydrogen) atoms. The molecule has 1 aliphatic heterocycles. The predicted molar refractivity (Wildman–Crippen MR) is 68.4 cm³/mol. The highest BCUT2D eigenvalue weighted by Gasteiger charge is 2.31. The van der Waals surface area contributed by atoms with Gasteiger partial charge in [-0.3, -0.25) is 0 Å². The number of hydrogen-bond acceptors (Lipinski definition) is 4. The van der Waals surface area contributed by atoms with Crippen LogP contribution in [0, 0.1) is 0 Å². The van der Waals surface area contributed by atoms with E-state index in [0.29, 0.717) is 0 Å². The molecule has 1 unspecified atom stereocenters. The molecular formula is C11H17N3O2S. The second-order valence-electron chi connectivity index (χ2n) is 4.95. The summed E-state index contributed by atoms with van der Waals surface area (Å²) in [6.07, 6.45) is 3.29. The fourth-order valence-electron chi connectivity index (χ4n) is 2.24. The Hall–Kier alpha value is -1.17. The van der Waals surface area contributed by atoms with Crippen LogP contribution in [0.4, 0.5) is 5.82 Å². The topological polar surface area (TPSA) is 81.1 Å². The highest BCUT2D eigenvalue weighted by atomic mass is 32.2. The molecule has 1 aliphatic rings. The molecule has 6 heteroatoms. The number of aromatic carboxylic acids is 1. The fraction of sp³-hybridized carbons (Fsp3) is 0.636. The first kappa shape index (κ1) is 12.3. The molecule has 1 saturated heterocycles. The van der Waals surface area contributed by atoms with Crippen LogP contribution in [0.25, 0.3) is 0 Å². The monoisotopic (exact) mass is 255 g/mol. The van der Waals surface area contributed by atoms with Gasteiger partial charge in [-0.1, -0.05) is 13.8 Å². The third-order valence-electron chi connectivity index (χ3n) is 3.08. The summed E-state index contributed by atoms with van der Waals surface area (Å²) in [5.74, 6) is 0.308. The van der Waals surface area contributed by atoms with E-state index in [4.69, 9.17) is 10.8 Å². The fourth-order valence-corrected chi connectivity index (χ4v) is 3.49. The van der Waals surface area contributed by atoms with Crippen LogP contribution in [0.15, 0.2) is 6.20 Å². The molecule has 1 aromatic heterocycles. The molecule has 2 rings (SSSR count). The normalized spacial score (nSPS) is 23.5. The van der Waals surface area contributed by atoms with Crippen molar-refractivity contribution in [3.05, 3.63) is 11.8 Å². The van der Waals surface area contributed by atoms with E-state index in [-0.39, 0.29) is 22.2 Å². The number of carboxylic acids is 1. The Kier molecular flexibility index (Phi) is 3.07. The van der Waals surface area contributed by atoms with Gasteiger partial charge < -0.3 is 10.8 Å². The van der Waals surface area contributed by atoms with Crippen molar-refractivity contribution in [1.82, 2.24) is 9.78 Å². The van der Waals surface area contributed by atoms with E-state index in [9.17, 15) is 4.79 Å².